The number of hydrogen-bond donors (Lipinski definition) is 0. The first-order valence-electron chi connectivity index (χ1n) is 5.83. The summed E-state index contributed by atoms with van der Waals surface area (Å²) in [5.74, 6) is 0. The zero-order valence-electron chi connectivity index (χ0n) is 9.86. The molecule has 0 aliphatic carbocycles. The van der Waals surface area contributed by atoms with Crippen LogP contribution in [-0.4, -0.2) is 14.7 Å². The van der Waals surface area contributed by atoms with Gasteiger partial charge in [-0.25, -0.2) is 4.98 Å². The summed E-state index contributed by atoms with van der Waals surface area (Å²) in [6.45, 7) is 3.81. The van der Waals surface area contributed by atoms with Crippen LogP contribution >= 0.6 is 0 Å². The molecule has 0 spiro atoms. The van der Waals surface area contributed by atoms with Gasteiger partial charge in [0.05, 0.1) is 12.4 Å². The van der Waals surface area contributed by atoms with E-state index in [1.165, 1.54) is 0 Å². The fourth-order valence-electron chi connectivity index (χ4n) is 2.13. The van der Waals surface area contributed by atoms with E-state index in [9.17, 15) is 0 Å². The van der Waals surface area contributed by atoms with Gasteiger partial charge in [0.15, 0.2) is 5.58 Å². The quantitative estimate of drug-likeness (QED) is 0.657. The Bertz CT molecular complexity index is 655. The third-order valence-corrected chi connectivity index (χ3v) is 3.00. The van der Waals surface area contributed by atoms with Gasteiger partial charge in [-0.15, -0.1) is 6.58 Å². The topological polar surface area (TPSA) is 43.9 Å². The molecule has 0 saturated heterocycles. The van der Waals surface area contributed by atoms with Crippen molar-refractivity contribution in [3.05, 3.63) is 61.3 Å². The molecular formula is C14H13N3O. The maximum absolute atomic E-state index is 5.36. The van der Waals surface area contributed by atoms with Crippen LogP contribution in [0.4, 0.5) is 0 Å². The van der Waals surface area contributed by atoms with Gasteiger partial charge < -0.3 is 9.09 Å². The molecule has 0 aliphatic heterocycles. The fourth-order valence-corrected chi connectivity index (χ4v) is 2.13. The lowest BCUT2D eigenvalue weighted by Crippen LogP contribution is -2.08. The summed E-state index contributed by atoms with van der Waals surface area (Å²) in [6.07, 6.45) is 8.15. The SMILES string of the molecule is C=CCC(c1noc2ccccc12)n1ccnc1. The largest absolute Gasteiger partial charge is 0.356 e. The lowest BCUT2D eigenvalue weighted by Gasteiger charge is -2.13. The molecule has 3 aromatic rings. The normalized spacial score (nSPS) is 12.7. The number of aromatic nitrogens is 3. The second-order valence-electron chi connectivity index (χ2n) is 4.11. The van der Waals surface area contributed by atoms with Crippen molar-refractivity contribution in [2.75, 3.05) is 0 Å². The monoisotopic (exact) mass is 239 g/mol. The molecule has 18 heavy (non-hydrogen) atoms. The van der Waals surface area contributed by atoms with E-state index in [0.29, 0.717) is 0 Å². The molecule has 0 fully saturated rings. The van der Waals surface area contributed by atoms with E-state index in [4.69, 9.17) is 4.52 Å². The minimum absolute atomic E-state index is 0.0775. The van der Waals surface area contributed by atoms with Crippen molar-refractivity contribution in [2.45, 2.75) is 12.5 Å². The predicted molar refractivity (Wildman–Crippen MR) is 69.2 cm³/mol. The van der Waals surface area contributed by atoms with E-state index >= 15 is 0 Å². The first-order chi connectivity index (χ1) is 8.90. The van der Waals surface area contributed by atoms with E-state index in [-0.39, 0.29) is 6.04 Å². The van der Waals surface area contributed by atoms with Crippen molar-refractivity contribution in [1.82, 2.24) is 14.7 Å². The summed E-state index contributed by atoms with van der Waals surface area (Å²) < 4.78 is 7.38. The average molecular weight is 239 g/mol. The lowest BCUT2D eigenvalue weighted by atomic mass is 10.1. The van der Waals surface area contributed by atoms with Gasteiger partial charge in [-0.1, -0.05) is 23.4 Å². The maximum Gasteiger partial charge on any atom is 0.167 e. The van der Waals surface area contributed by atoms with Crippen LogP contribution in [0.15, 0.2) is 60.2 Å². The molecule has 0 amide bonds. The summed E-state index contributed by atoms with van der Waals surface area (Å²) in [7, 11) is 0. The third kappa shape index (κ3) is 1.72. The summed E-state index contributed by atoms with van der Waals surface area (Å²) in [6, 6.07) is 7.95. The van der Waals surface area contributed by atoms with Gasteiger partial charge in [-0.05, 0) is 18.6 Å². The molecule has 0 bridgehead atoms. The first-order valence-corrected chi connectivity index (χ1v) is 5.83. The highest BCUT2D eigenvalue weighted by atomic mass is 16.5. The number of hydrogen-bond acceptors (Lipinski definition) is 3. The van der Waals surface area contributed by atoms with Crippen molar-refractivity contribution >= 4 is 11.0 Å². The Hall–Kier alpha value is -2.36. The van der Waals surface area contributed by atoms with Crippen LogP contribution in [0.25, 0.3) is 11.0 Å². The number of rotatable bonds is 4. The van der Waals surface area contributed by atoms with Crippen LogP contribution in [0.3, 0.4) is 0 Å². The molecule has 0 N–H and O–H groups in total. The molecule has 0 radical (unpaired) electrons. The Morgan fingerprint density at radius 2 is 2.28 bits per heavy atom. The Labute approximate surface area is 105 Å². The molecule has 90 valence electrons. The van der Waals surface area contributed by atoms with Crippen LogP contribution in [-0.2, 0) is 0 Å². The Morgan fingerprint density at radius 1 is 1.39 bits per heavy atom. The fraction of sp³-hybridized carbons (Fsp3) is 0.143. The van der Waals surface area contributed by atoms with Crippen LogP contribution in [0.2, 0.25) is 0 Å². The predicted octanol–water partition coefficient (Wildman–Crippen LogP) is 3.19. The zero-order valence-corrected chi connectivity index (χ0v) is 9.86. The van der Waals surface area contributed by atoms with Crippen LogP contribution in [0.1, 0.15) is 18.2 Å². The highest BCUT2D eigenvalue weighted by Gasteiger charge is 2.19. The summed E-state index contributed by atoms with van der Waals surface area (Å²) >= 11 is 0. The molecule has 0 saturated carbocycles. The summed E-state index contributed by atoms with van der Waals surface area (Å²) in [5.41, 5.74) is 1.73. The average Bonchev–Trinajstić information content (AvgIpc) is 3.06. The second kappa shape index (κ2) is 4.49. The maximum atomic E-state index is 5.36. The molecule has 4 heteroatoms. The van der Waals surface area contributed by atoms with Gasteiger partial charge >= 0.3 is 0 Å². The number of benzene rings is 1. The standard InChI is InChI=1S/C14H13N3O/c1-2-5-12(17-9-8-15-10-17)14-11-6-3-4-7-13(11)18-16-14/h2-4,6-10,12H,1,5H2. The molecule has 1 aromatic carbocycles. The van der Waals surface area contributed by atoms with E-state index in [2.05, 4.69) is 16.7 Å². The minimum atomic E-state index is 0.0775. The van der Waals surface area contributed by atoms with Gasteiger partial charge in [0, 0.05) is 17.8 Å². The van der Waals surface area contributed by atoms with Gasteiger partial charge in [0.2, 0.25) is 0 Å². The molecule has 1 atom stereocenters. The van der Waals surface area contributed by atoms with Gasteiger partial charge in [-0.3, -0.25) is 0 Å². The Morgan fingerprint density at radius 3 is 3.06 bits per heavy atom. The minimum Gasteiger partial charge on any atom is -0.356 e. The number of nitrogens with zero attached hydrogens (tertiary/aromatic N) is 3. The smallest absolute Gasteiger partial charge is 0.167 e. The molecule has 1 unspecified atom stereocenters. The molecule has 2 heterocycles. The van der Waals surface area contributed by atoms with Crippen molar-refractivity contribution in [1.29, 1.82) is 0 Å². The molecular weight excluding hydrogens is 226 g/mol. The Balaban J connectivity index is 2.12. The van der Waals surface area contributed by atoms with E-state index < -0.39 is 0 Å². The number of fused-ring (bicyclic) bond motifs is 1. The Kier molecular flexibility index (Phi) is 2.68. The van der Waals surface area contributed by atoms with Crippen LogP contribution < -0.4 is 0 Å². The highest BCUT2D eigenvalue weighted by molar-refractivity contribution is 5.79. The number of imidazole rings is 1. The van der Waals surface area contributed by atoms with Gasteiger partial charge in [0.1, 0.15) is 5.69 Å². The molecule has 4 nitrogen and oxygen atoms in total. The first kappa shape index (κ1) is 10.8. The molecule has 0 aliphatic rings. The summed E-state index contributed by atoms with van der Waals surface area (Å²) in [4.78, 5) is 4.09. The second-order valence-corrected chi connectivity index (χ2v) is 4.11. The summed E-state index contributed by atoms with van der Waals surface area (Å²) in [5, 5.41) is 5.24. The van der Waals surface area contributed by atoms with E-state index in [0.717, 1.165) is 23.1 Å². The van der Waals surface area contributed by atoms with Crippen molar-refractivity contribution < 1.29 is 4.52 Å². The molecule has 3 rings (SSSR count). The number of para-hydroxylation sites is 1. The number of allylic oxidation sites excluding steroid dienone is 1. The lowest BCUT2D eigenvalue weighted by molar-refractivity contribution is 0.427. The van der Waals surface area contributed by atoms with Crippen molar-refractivity contribution in [2.24, 2.45) is 0 Å². The van der Waals surface area contributed by atoms with Crippen molar-refractivity contribution in [3.63, 3.8) is 0 Å². The zero-order chi connectivity index (χ0) is 12.4. The highest BCUT2D eigenvalue weighted by Crippen LogP contribution is 2.28. The van der Waals surface area contributed by atoms with Gasteiger partial charge in [-0.2, -0.15) is 0 Å². The molecule has 2 aromatic heterocycles. The third-order valence-electron chi connectivity index (χ3n) is 3.00. The van der Waals surface area contributed by atoms with Crippen LogP contribution in [0.5, 0.6) is 0 Å². The van der Waals surface area contributed by atoms with Gasteiger partial charge in [0.25, 0.3) is 0 Å². The van der Waals surface area contributed by atoms with Crippen LogP contribution in [0, 0.1) is 0 Å². The van der Waals surface area contributed by atoms with E-state index in [1.54, 1.807) is 12.5 Å². The van der Waals surface area contributed by atoms with Crippen molar-refractivity contribution in [3.8, 4) is 0 Å². The van der Waals surface area contributed by atoms with E-state index in [1.807, 2.05) is 41.1 Å².